The van der Waals surface area contributed by atoms with Crippen LogP contribution in [-0.2, 0) is 15.6 Å². The van der Waals surface area contributed by atoms with E-state index in [1.54, 1.807) is 0 Å². The summed E-state index contributed by atoms with van der Waals surface area (Å²) in [6, 6.07) is 8.52. The highest BCUT2D eigenvalue weighted by Gasteiger charge is 2.20. The van der Waals surface area contributed by atoms with Gasteiger partial charge < -0.3 is 5.73 Å². The molecule has 0 bridgehead atoms. The minimum absolute atomic E-state index is 0.0277. The molecule has 100 valence electrons. The lowest BCUT2D eigenvalue weighted by molar-refractivity contribution is 0.566. The fraction of sp³-hybridized carbons (Fsp3) is 0.0769. The molecule has 0 atom stereocenters. The minimum atomic E-state index is -3.86. The quantitative estimate of drug-likeness (QED) is 0.880. The molecule has 2 rings (SSSR count). The Kier molecular flexibility index (Phi) is 3.53. The van der Waals surface area contributed by atoms with Crippen molar-refractivity contribution < 1.29 is 17.2 Å². The molecule has 0 saturated heterocycles. The Morgan fingerprint density at radius 1 is 1.05 bits per heavy atom. The first-order valence-electron chi connectivity index (χ1n) is 5.41. The third kappa shape index (κ3) is 2.90. The molecule has 2 aromatic carbocycles. The third-order valence-electron chi connectivity index (χ3n) is 2.63. The summed E-state index contributed by atoms with van der Waals surface area (Å²) in [6.07, 6.45) is 0. The molecule has 0 unspecified atom stereocenters. The Morgan fingerprint density at radius 2 is 1.74 bits per heavy atom. The molecule has 0 saturated carbocycles. The summed E-state index contributed by atoms with van der Waals surface area (Å²) in [5, 5.41) is 0. The van der Waals surface area contributed by atoms with Crippen LogP contribution < -0.4 is 5.73 Å². The largest absolute Gasteiger partial charge is 0.398 e. The standard InChI is InChI=1S/C13H11F2NO2S/c14-10-6-5-9(12(16)7-10)8-19(17,18)13-4-2-1-3-11(13)15/h1-7H,8,16H2. The van der Waals surface area contributed by atoms with Crippen molar-refractivity contribution >= 4 is 15.5 Å². The van der Waals surface area contributed by atoms with Gasteiger partial charge in [0.1, 0.15) is 16.5 Å². The van der Waals surface area contributed by atoms with Crippen molar-refractivity contribution in [1.29, 1.82) is 0 Å². The molecular weight excluding hydrogens is 272 g/mol. The lowest BCUT2D eigenvalue weighted by Gasteiger charge is -2.08. The first-order chi connectivity index (χ1) is 8.90. The average molecular weight is 283 g/mol. The molecule has 0 amide bonds. The Bertz CT molecular complexity index is 714. The zero-order chi connectivity index (χ0) is 14.0. The summed E-state index contributed by atoms with van der Waals surface area (Å²) in [7, 11) is -3.86. The maximum atomic E-state index is 13.5. The number of halogens is 2. The molecule has 0 aromatic heterocycles. The zero-order valence-electron chi connectivity index (χ0n) is 9.81. The SMILES string of the molecule is Nc1cc(F)ccc1CS(=O)(=O)c1ccccc1F. The molecule has 2 aromatic rings. The van der Waals surface area contributed by atoms with Crippen LogP contribution in [0.25, 0.3) is 0 Å². The first kappa shape index (κ1) is 13.5. The lowest BCUT2D eigenvalue weighted by Crippen LogP contribution is -2.09. The molecule has 0 radical (unpaired) electrons. The summed E-state index contributed by atoms with van der Waals surface area (Å²) in [4.78, 5) is -0.390. The highest BCUT2D eigenvalue weighted by Crippen LogP contribution is 2.22. The van der Waals surface area contributed by atoms with E-state index >= 15 is 0 Å². The van der Waals surface area contributed by atoms with Crippen LogP contribution in [0, 0.1) is 11.6 Å². The second-order valence-corrected chi connectivity index (χ2v) is 5.99. The number of rotatable bonds is 3. The molecular formula is C13H11F2NO2S. The van der Waals surface area contributed by atoms with Crippen molar-refractivity contribution in [2.75, 3.05) is 5.73 Å². The van der Waals surface area contributed by atoms with Crippen LogP contribution >= 0.6 is 0 Å². The average Bonchev–Trinajstić information content (AvgIpc) is 2.33. The van der Waals surface area contributed by atoms with Crippen LogP contribution in [0.2, 0.25) is 0 Å². The van der Waals surface area contributed by atoms with Crippen LogP contribution in [0.3, 0.4) is 0 Å². The van der Waals surface area contributed by atoms with Gasteiger partial charge in [0.15, 0.2) is 9.84 Å². The normalized spacial score (nSPS) is 11.5. The monoisotopic (exact) mass is 283 g/mol. The molecule has 0 aliphatic carbocycles. The predicted molar refractivity (Wildman–Crippen MR) is 68.1 cm³/mol. The van der Waals surface area contributed by atoms with E-state index in [2.05, 4.69) is 0 Å². The van der Waals surface area contributed by atoms with Crippen molar-refractivity contribution in [2.24, 2.45) is 0 Å². The maximum Gasteiger partial charge on any atom is 0.185 e. The third-order valence-corrected chi connectivity index (χ3v) is 4.32. The van der Waals surface area contributed by atoms with Crippen LogP contribution in [0.15, 0.2) is 47.4 Å². The summed E-state index contributed by atoms with van der Waals surface area (Å²) >= 11 is 0. The van der Waals surface area contributed by atoms with E-state index in [9.17, 15) is 17.2 Å². The predicted octanol–water partition coefficient (Wildman–Crippen LogP) is 2.52. The van der Waals surface area contributed by atoms with Crippen molar-refractivity contribution in [3.8, 4) is 0 Å². The molecule has 0 spiro atoms. The summed E-state index contributed by atoms with van der Waals surface area (Å²) in [6.45, 7) is 0. The van der Waals surface area contributed by atoms with Crippen LogP contribution in [-0.4, -0.2) is 8.42 Å². The van der Waals surface area contributed by atoms with E-state index in [1.807, 2.05) is 0 Å². The maximum absolute atomic E-state index is 13.5. The Morgan fingerprint density at radius 3 is 2.37 bits per heavy atom. The topological polar surface area (TPSA) is 60.2 Å². The summed E-state index contributed by atoms with van der Waals surface area (Å²) in [5.74, 6) is -1.84. The number of nitrogen functional groups attached to an aromatic ring is 1. The second-order valence-electron chi connectivity index (χ2n) is 4.03. The highest BCUT2D eigenvalue weighted by molar-refractivity contribution is 7.90. The zero-order valence-corrected chi connectivity index (χ0v) is 10.6. The van der Waals surface area contributed by atoms with E-state index in [4.69, 9.17) is 5.73 Å². The van der Waals surface area contributed by atoms with Gasteiger partial charge in [0.2, 0.25) is 0 Å². The van der Waals surface area contributed by atoms with Gasteiger partial charge in [0.25, 0.3) is 0 Å². The molecule has 0 fully saturated rings. The van der Waals surface area contributed by atoms with Gasteiger partial charge >= 0.3 is 0 Å². The first-order valence-corrected chi connectivity index (χ1v) is 7.06. The van der Waals surface area contributed by atoms with E-state index < -0.39 is 32.1 Å². The Labute approximate surface area is 109 Å². The highest BCUT2D eigenvalue weighted by atomic mass is 32.2. The Balaban J connectivity index is 2.40. The van der Waals surface area contributed by atoms with Gasteiger partial charge in [-0.15, -0.1) is 0 Å². The summed E-state index contributed by atoms with van der Waals surface area (Å²) in [5.41, 5.74) is 5.81. The van der Waals surface area contributed by atoms with Crippen LogP contribution in [0.4, 0.5) is 14.5 Å². The number of hydrogen-bond acceptors (Lipinski definition) is 3. The fourth-order valence-electron chi connectivity index (χ4n) is 1.68. The molecule has 2 N–H and O–H groups in total. The van der Waals surface area contributed by atoms with Crippen molar-refractivity contribution in [3.05, 3.63) is 59.7 Å². The van der Waals surface area contributed by atoms with Crippen molar-refractivity contribution in [2.45, 2.75) is 10.6 Å². The van der Waals surface area contributed by atoms with E-state index in [0.29, 0.717) is 0 Å². The Hall–Kier alpha value is -1.95. The minimum Gasteiger partial charge on any atom is -0.398 e. The van der Waals surface area contributed by atoms with Crippen LogP contribution in [0.1, 0.15) is 5.56 Å². The molecule has 19 heavy (non-hydrogen) atoms. The molecule has 0 heterocycles. The van der Waals surface area contributed by atoms with Gasteiger partial charge in [-0.25, -0.2) is 17.2 Å². The number of anilines is 1. The fourth-order valence-corrected chi connectivity index (χ4v) is 3.16. The van der Waals surface area contributed by atoms with Gasteiger partial charge in [0.05, 0.1) is 5.75 Å². The van der Waals surface area contributed by atoms with Crippen LogP contribution in [0.5, 0.6) is 0 Å². The lowest BCUT2D eigenvalue weighted by atomic mass is 10.2. The second kappa shape index (κ2) is 4.97. The van der Waals surface area contributed by atoms with E-state index in [-0.39, 0.29) is 11.3 Å². The van der Waals surface area contributed by atoms with Gasteiger partial charge in [-0.2, -0.15) is 0 Å². The summed E-state index contributed by atoms with van der Waals surface area (Å²) < 4.78 is 50.5. The molecule has 0 aliphatic rings. The van der Waals surface area contributed by atoms with E-state index in [0.717, 1.165) is 18.2 Å². The van der Waals surface area contributed by atoms with Gasteiger partial charge in [-0.3, -0.25) is 0 Å². The number of hydrogen-bond donors (Lipinski definition) is 1. The van der Waals surface area contributed by atoms with Crippen molar-refractivity contribution in [1.82, 2.24) is 0 Å². The van der Waals surface area contributed by atoms with Gasteiger partial charge in [-0.1, -0.05) is 18.2 Å². The number of nitrogens with two attached hydrogens (primary N) is 1. The van der Waals surface area contributed by atoms with Crippen molar-refractivity contribution in [3.63, 3.8) is 0 Å². The number of sulfone groups is 1. The smallest absolute Gasteiger partial charge is 0.185 e. The molecule has 3 nitrogen and oxygen atoms in total. The molecule has 0 aliphatic heterocycles. The molecule has 6 heteroatoms. The number of benzene rings is 2. The van der Waals surface area contributed by atoms with E-state index in [1.165, 1.54) is 24.3 Å². The van der Waals surface area contributed by atoms with Gasteiger partial charge in [-0.05, 0) is 29.8 Å². The van der Waals surface area contributed by atoms with Gasteiger partial charge in [0, 0.05) is 5.69 Å².